The third kappa shape index (κ3) is 2.83. The van der Waals surface area contributed by atoms with Crippen LogP contribution in [0.1, 0.15) is 30.0 Å². The molecule has 0 aliphatic carbocycles. The first-order valence-corrected chi connectivity index (χ1v) is 8.05. The molecular weight excluding hydrogens is 292 g/mol. The normalized spacial score (nSPS) is 15.5. The van der Waals surface area contributed by atoms with Crippen molar-refractivity contribution in [3.63, 3.8) is 0 Å². The van der Waals surface area contributed by atoms with Gasteiger partial charge in [-0.15, -0.1) is 0 Å². The molecule has 0 bridgehead atoms. The van der Waals surface area contributed by atoms with E-state index in [2.05, 4.69) is 0 Å². The highest BCUT2D eigenvalue weighted by Crippen LogP contribution is 2.26. The highest BCUT2D eigenvalue weighted by atomic mass is 16.3. The summed E-state index contributed by atoms with van der Waals surface area (Å²) in [6.07, 6.45) is 0. The molecule has 1 saturated heterocycles. The standard InChI is InChI=1S/C18H22N2O3/c1-12(2)17(21)19-8-10-20(11-9-19)18(22)16-13(3)14-6-4-5-7-15(14)23-16/h4-7,12H,8-11H2,1-3H3. The number of furan rings is 1. The molecular formula is C18H22N2O3. The molecule has 5 heteroatoms. The van der Waals surface area contributed by atoms with Crippen LogP contribution in [0.4, 0.5) is 0 Å². The average Bonchev–Trinajstić information content (AvgIpc) is 2.91. The van der Waals surface area contributed by atoms with Crippen molar-refractivity contribution in [3.8, 4) is 0 Å². The fourth-order valence-electron chi connectivity index (χ4n) is 3.02. The lowest BCUT2D eigenvalue weighted by molar-refractivity contribution is -0.135. The SMILES string of the molecule is Cc1c(C(=O)N2CCN(C(=O)C(C)C)CC2)oc2ccccc12. The Labute approximate surface area is 135 Å². The zero-order valence-corrected chi connectivity index (χ0v) is 13.8. The number of benzene rings is 1. The van der Waals surface area contributed by atoms with Crippen LogP contribution in [-0.4, -0.2) is 47.8 Å². The number of nitrogens with zero attached hydrogens (tertiary/aromatic N) is 2. The number of aryl methyl sites for hydroxylation is 1. The van der Waals surface area contributed by atoms with Gasteiger partial charge in [0.25, 0.3) is 5.91 Å². The number of fused-ring (bicyclic) bond motifs is 1. The number of rotatable bonds is 2. The van der Waals surface area contributed by atoms with Crippen molar-refractivity contribution in [1.29, 1.82) is 0 Å². The maximum atomic E-state index is 12.7. The molecule has 0 atom stereocenters. The molecule has 1 aromatic heterocycles. The van der Waals surface area contributed by atoms with Gasteiger partial charge in [0.15, 0.2) is 5.76 Å². The highest BCUT2D eigenvalue weighted by molar-refractivity contribution is 5.99. The van der Waals surface area contributed by atoms with E-state index in [1.807, 2.05) is 49.9 Å². The van der Waals surface area contributed by atoms with Crippen LogP contribution in [0.25, 0.3) is 11.0 Å². The first kappa shape index (κ1) is 15.6. The highest BCUT2D eigenvalue weighted by Gasteiger charge is 2.28. The van der Waals surface area contributed by atoms with E-state index in [9.17, 15) is 9.59 Å². The molecule has 0 spiro atoms. The first-order chi connectivity index (χ1) is 11.0. The average molecular weight is 314 g/mol. The molecule has 0 saturated carbocycles. The summed E-state index contributed by atoms with van der Waals surface area (Å²) in [5, 5.41) is 0.976. The van der Waals surface area contributed by atoms with Crippen LogP contribution in [0.15, 0.2) is 28.7 Å². The molecule has 0 N–H and O–H groups in total. The molecule has 0 unspecified atom stereocenters. The van der Waals surface area contributed by atoms with Crippen LogP contribution in [0, 0.1) is 12.8 Å². The lowest BCUT2D eigenvalue weighted by Gasteiger charge is -2.35. The summed E-state index contributed by atoms with van der Waals surface area (Å²) >= 11 is 0. The first-order valence-electron chi connectivity index (χ1n) is 8.05. The Morgan fingerprint density at radius 2 is 1.65 bits per heavy atom. The van der Waals surface area contributed by atoms with Gasteiger partial charge in [0, 0.05) is 43.0 Å². The number of carbonyl (C=O) groups is 2. The van der Waals surface area contributed by atoms with E-state index in [0.29, 0.717) is 31.9 Å². The lowest BCUT2D eigenvalue weighted by Crippen LogP contribution is -2.51. The Balaban J connectivity index is 1.74. The number of piperazine rings is 1. The second-order valence-corrected chi connectivity index (χ2v) is 6.32. The Morgan fingerprint density at radius 1 is 1.04 bits per heavy atom. The number of hydrogen-bond acceptors (Lipinski definition) is 3. The third-order valence-electron chi connectivity index (χ3n) is 4.41. The lowest BCUT2D eigenvalue weighted by atomic mass is 10.1. The van der Waals surface area contributed by atoms with E-state index in [1.165, 1.54) is 0 Å². The minimum Gasteiger partial charge on any atom is -0.451 e. The van der Waals surface area contributed by atoms with Gasteiger partial charge < -0.3 is 14.2 Å². The van der Waals surface area contributed by atoms with E-state index in [4.69, 9.17) is 4.42 Å². The van der Waals surface area contributed by atoms with Crippen molar-refractivity contribution >= 4 is 22.8 Å². The Morgan fingerprint density at radius 3 is 2.26 bits per heavy atom. The van der Waals surface area contributed by atoms with Crippen molar-refractivity contribution in [3.05, 3.63) is 35.6 Å². The topological polar surface area (TPSA) is 53.8 Å². The van der Waals surface area contributed by atoms with Crippen molar-refractivity contribution in [2.45, 2.75) is 20.8 Å². The van der Waals surface area contributed by atoms with Crippen LogP contribution < -0.4 is 0 Å². The van der Waals surface area contributed by atoms with Gasteiger partial charge in [-0.25, -0.2) is 0 Å². The molecule has 5 nitrogen and oxygen atoms in total. The zero-order valence-electron chi connectivity index (χ0n) is 13.8. The van der Waals surface area contributed by atoms with Crippen LogP contribution >= 0.6 is 0 Å². The maximum Gasteiger partial charge on any atom is 0.290 e. The molecule has 3 rings (SSSR count). The van der Waals surface area contributed by atoms with Gasteiger partial charge in [-0.2, -0.15) is 0 Å². The van der Waals surface area contributed by atoms with Crippen molar-refractivity contribution in [2.24, 2.45) is 5.92 Å². The van der Waals surface area contributed by atoms with Crippen LogP contribution in [-0.2, 0) is 4.79 Å². The Kier molecular flexibility index (Phi) is 4.11. The summed E-state index contributed by atoms with van der Waals surface area (Å²) in [6.45, 7) is 7.98. The molecule has 0 radical (unpaired) electrons. The third-order valence-corrected chi connectivity index (χ3v) is 4.41. The second kappa shape index (κ2) is 6.07. The summed E-state index contributed by atoms with van der Waals surface area (Å²) in [5.74, 6) is 0.470. The summed E-state index contributed by atoms with van der Waals surface area (Å²) < 4.78 is 5.75. The molecule has 1 aliphatic heterocycles. The van der Waals surface area contributed by atoms with Gasteiger partial charge in [0.05, 0.1) is 0 Å². The number of carbonyl (C=O) groups excluding carboxylic acids is 2. The number of hydrogen-bond donors (Lipinski definition) is 0. The quantitative estimate of drug-likeness (QED) is 0.856. The van der Waals surface area contributed by atoms with Gasteiger partial charge in [-0.3, -0.25) is 9.59 Å². The van der Waals surface area contributed by atoms with E-state index < -0.39 is 0 Å². The van der Waals surface area contributed by atoms with Gasteiger partial charge in [0.1, 0.15) is 5.58 Å². The van der Waals surface area contributed by atoms with E-state index in [-0.39, 0.29) is 17.7 Å². The van der Waals surface area contributed by atoms with Crippen molar-refractivity contribution in [2.75, 3.05) is 26.2 Å². The molecule has 1 fully saturated rings. The Bertz CT molecular complexity index is 740. The monoisotopic (exact) mass is 314 g/mol. The maximum absolute atomic E-state index is 12.7. The Hall–Kier alpha value is -2.30. The smallest absolute Gasteiger partial charge is 0.290 e. The fourth-order valence-corrected chi connectivity index (χ4v) is 3.02. The van der Waals surface area contributed by atoms with Gasteiger partial charge in [-0.05, 0) is 13.0 Å². The van der Waals surface area contributed by atoms with Gasteiger partial charge in [-0.1, -0.05) is 32.0 Å². The van der Waals surface area contributed by atoms with Gasteiger partial charge >= 0.3 is 0 Å². The molecule has 1 aromatic carbocycles. The molecule has 2 heterocycles. The summed E-state index contributed by atoms with van der Waals surface area (Å²) in [7, 11) is 0. The number of para-hydroxylation sites is 1. The molecule has 1 aliphatic rings. The summed E-state index contributed by atoms with van der Waals surface area (Å²) in [4.78, 5) is 28.4. The predicted molar refractivity (Wildman–Crippen MR) is 88.3 cm³/mol. The molecule has 2 aromatic rings. The molecule has 122 valence electrons. The second-order valence-electron chi connectivity index (χ2n) is 6.32. The molecule has 2 amide bonds. The number of amides is 2. The van der Waals surface area contributed by atoms with E-state index in [1.54, 1.807) is 4.90 Å². The van der Waals surface area contributed by atoms with Crippen LogP contribution in [0.3, 0.4) is 0 Å². The van der Waals surface area contributed by atoms with Gasteiger partial charge in [0.2, 0.25) is 5.91 Å². The van der Waals surface area contributed by atoms with Crippen LogP contribution in [0.5, 0.6) is 0 Å². The van der Waals surface area contributed by atoms with Crippen molar-refractivity contribution < 1.29 is 14.0 Å². The van der Waals surface area contributed by atoms with Crippen molar-refractivity contribution in [1.82, 2.24) is 9.80 Å². The molecule has 23 heavy (non-hydrogen) atoms. The fraction of sp³-hybridized carbons (Fsp3) is 0.444. The van der Waals surface area contributed by atoms with E-state index in [0.717, 1.165) is 16.5 Å². The predicted octanol–water partition coefficient (Wildman–Crippen LogP) is 2.68. The minimum absolute atomic E-state index is 0.00475. The zero-order chi connectivity index (χ0) is 16.6. The largest absolute Gasteiger partial charge is 0.451 e. The summed E-state index contributed by atoms with van der Waals surface area (Å²) in [6, 6.07) is 7.67. The van der Waals surface area contributed by atoms with Crippen LogP contribution in [0.2, 0.25) is 0 Å². The minimum atomic E-state index is -0.0876. The summed E-state index contributed by atoms with van der Waals surface area (Å²) in [5.41, 5.74) is 1.62. The van der Waals surface area contributed by atoms with E-state index >= 15 is 0 Å².